The first-order valence-corrected chi connectivity index (χ1v) is 9.33. The van der Waals surface area contributed by atoms with Gasteiger partial charge in [-0.1, -0.05) is 31.0 Å². The molecule has 1 atom stereocenters. The molecule has 1 fully saturated rings. The minimum atomic E-state index is -2.98. The standard InChI is InChI=1S/C16H23NO3S/c1-3-4-10-17(15-9-11-21(19,20)12-15)16(18)14-7-5-13(2)6-8-14/h5-8,15H,3-4,9-12H2,1-2H3/t15-/m0/s1. The number of carbonyl (C=O) groups is 1. The van der Waals surface area contributed by atoms with Gasteiger partial charge in [-0.3, -0.25) is 4.79 Å². The fourth-order valence-electron chi connectivity index (χ4n) is 2.66. The van der Waals surface area contributed by atoms with Crippen molar-refractivity contribution in [2.24, 2.45) is 0 Å². The fourth-order valence-corrected chi connectivity index (χ4v) is 4.39. The topological polar surface area (TPSA) is 54.5 Å². The summed E-state index contributed by atoms with van der Waals surface area (Å²) < 4.78 is 23.4. The SMILES string of the molecule is CCCCN(C(=O)c1ccc(C)cc1)[C@H]1CCS(=O)(=O)C1. The van der Waals surface area contributed by atoms with Crippen molar-refractivity contribution in [3.8, 4) is 0 Å². The van der Waals surface area contributed by atoms with E-state index < -0.39 is 9.84 Å². The minimum absolute atomic E-state index is 0.0504. The third-order valence-corrected chi connectivity index (χ3v) is 5.71. The lowest BCUT2D eigenvalue weighted by Crippen LogP contribution is -2.41. The molecule has 1 saturated heterocycles. The van der Waals surface area contributed by atoms with Crippen LogP contribution in [0.25, 0.3) is 0 Å². The summed E-state index contributed by atoms with van der Waals surface area (Å²) in [4.78, 5) is 14.5. The van der Waals surface area contributed by atoms with Gasteiger partial charge < -0.3 is 4.90 Å². The zero-order chi connectivity index (χ0) is 15.5. The van der Waals surface area contributed by atoms with E-state index in [4.69, 9.17) is 0 Å². The fraction of sp³-hybridized carbons (Fsp3) is 0.562. The summed E-state index contributed by atoms with van der Waals surface area (Å²) in [7, 11) is -2.98. The summed E-state index contributed by atoms with van der Waals surface area (Å²) in [6.45, 7) is 4.68. The molecule has 21 heavy (non-hydrogen) atoms. The number of aryl methyl sites for hydroxylation is 1. The van der Waals surface area contributed by atoms with Gasteiger partial charge in [0.05, 0.1) is 11.5 Å². The zero-order valence-corrected chi connectivity index (χ0v) is 13.5. The Kier molecular flexibility index (Phi) is 5.04. The van der Waals surface area contributed by atoms with E-state index in [1.54, 1.807) is 4.90 Å². The molecule has 1 aliphatic heterocycles. The van der Waals surface area contributed by atoms with Crippen LogP contribution >= 0.6 is 0 Å². The Labute approximate surface area is 127 Å². The molecular weight excluding hydrogens is 286 g/mol. The van der Waals surface area contributed by atoms with Crippen LogP contribution in [0.2, 0.25) is 0 Å². The van der Waals surface area contributed by atoms with Crippen LogP contribution < -0.4 is 0 Å². The minimum Gasteiger partial charge on any atom is -0.335 e. The number of unbranched alkanes of at least 4 members (excludes halogenated alkanes) is 1. The van der Waals surface area contributed by atoms with Crippen LogP contribution in [-0.4, -0.2) is 43.3 Å². The van der Waals surface area contributed by atoms with E-state index in [-0.39, 0.29) is 23.5 Å². The highest BCUT2D eigenvalue weighted by Gasteiger charge is 2.34. The molecule has 0 aliphatic carbocycles. The maximum atomic E-state index is 12.7. The number of hydrogen-bond acceptors (Lipinski definition) is 3. The van der Waals surface area contributed by atoms with E-state index in [2.05, 4.69) is 6.92 Å². The molecule has 1 aromatic rings. The lowest BCUT2D eigenvalue weighted by molar-refractivity contribution is 0.0694. The summed E-state index contributed by atoms with van der Waals surface area (Å²) >= 11 is 0. The van der Waals surface area contributed by atoms with Crippen LogP contribution in [0.1, 0.15) is 42.1 Å². The van der Waals surface area contributed by atoms with Crippen molar-refractivity contribution < 1.29 is 13.2 Å². The second-order valence-electron chi connectivity index (χ2n) is 5.77. The van der Waals surface area contributed by atoms with Gasteiger partial charge >= 0.3 is 0 Å². The highest BCUT2D eigenvalue weighted by atomic mass is 32.2. The Morgan fingerprint density at radius 1 is 1.29 bits per heavy atom. The van der Waals surface area contributed by atoms with E-state index in [1.165, 1.54) is 0 Å². The average Bonchev–Trinajstić information content (AvgIpc) is 2.80. The van der Waals surface area contributed by atoms with Crippen molar-refractivity contribution in [2.45, 2.75) is 39.2 Å². The summed E-state index contributed by atoms with van der Waals surface area (Å²) in [5.41, 5.74) is 1.75. The Morgan fingerprint density at radius 2 is 1.95 bits per heavy atom. The van der Waals surface area contributed by atoms with Crippen molar-refractivity contribution in [2.75, 3.05) is 18.1 Å². The van der Waals surface area contributed by atoms with E-state index in [0.717, 1.165) is 18.4 Å². The Bertz CT molecular complexity index is 592. The number of nitrogens with zero attached hydrogens (tertiary/aromatic N) is 1. The molecule has 0 aromatic heterocycles. The van der Waals surface area contributed by atoms with Gasteiger partial charge in [0.15, 0.2) is 9.84 Å². The average molecular weight is 309 g/mol. The number of rotatable bonds is 5. The molecular formula is C16H23NO3S. The van der Waals surface area contributed by atoms with Crippen LogP contribution in [0, 0.1) is 6.92 Å². The monoisotopic (exact) mass is 309 g/mol. The quantitative estimate of drug-likeness (QED) is 0.839. The molecule has 116 valence electrons. The predicted octanol–water partition coefficient (Wildman–Crippen LogP) is 2.42. The Hall–Kier alpha value is -1.36. The van der Waals surface area contributed by atoms with Crippen LogP contribution in [0.15, 0.2) is 24.3 Å². The highest BCUT2D eigenvalue weighted by molar-refractivity contribution is 7.91. The molecule has 1 heterocycles. The number of amides is 1. The third-order valence-electron chi connectivity index (χ3n) is 3.96. The first-order valence-electron chi connectivity index (χ1n) is 7.51. The first-order chi connectivity index (χ1) is 9.93. The number of benzene rings is 1. The van der Waals surface area contributed by atoms with Gasteiger partial charge in [0.25, 0.3) is 5.91 Å². The van der Waals surface area contributed by atoms with Gasteiger partial charge in [-0.25, -0.2) is 8.42 Å². The number of carbonyl (C=O) groups excluding carboxylic acids is 1. The van der Waals surface area contributed by atoms with Crippen LogP contribution in [-0.2, 0) is 9.84 Å². The van der Waals surface area contributed by atoms with Gasteiger partial charge in [-0.2, -0.15) is 0 Å². The maximum Gasteiger partial charge on any atom is 0.254 e. The van der Waals surface area contributed by atoms with Gasteiger partial charge in [0.1, 0.15) is 0 Å². The summed E-state index contributed by atoms with van der Waals surface area (Å²) in [5.74, 6) is 0.251. The molecule has 0 unspecified atom stereocenters. The van der Waals surface area contributed by atoms with Crippen molar-refractivity contribution >= 4 is 15.7 Å². The smallest absolute Gasteiger partial charge is 0.254 e. The normalized spacial score (nSPS) is 20.4. The van der Waals surface area contributed by atoms with Crippen molar-refractivity contribution in [1.29, 1.82) is 0 Å². The van der Waals surface area contributed by atoms with Crippen molar-refractivity contribution in [3.05, 3.63) is 35.4 Å². The molecule has 5 heteroatoms. The largest absolute Gasteiger partial charge is 0.335 e. The number of sulfone groups is 1. The van der Waals surface area contributed by atoms with Crippen molar-refractivity contribution in [1.82, 2.24) is 4.90 Å². The molecule has 0 bridgehead atoms. The van der Waals surface area contributed by atoms with Gasteiger partial charge in [-0.05, 0) is 31.9 Å². The Morgan fingerprint density at radius 3 is 2.48 bits per heavy atom. The van der Waals surface area contributed by atoms with E-state index in [0.29, 0.717) is 18.5 Å². The third kappa shape index (κ3) is 4.06. The molecule has 1 amide bonds. The predicted molar refractivity (Wildman–Crippen MR) is 84.2 cm³/mol. The summed E-state index contributed by atoms with van der Waals surface area (Å²) in [5, 5.41) is 0. The van der Waals surface area contributed by atoms with Crippen LogP contribution in [0.3, 0.4) is 0 Å². The maximum absolute atomic E-state index is 12.7. The van der Waals surface area contributed by atoms with E-state index in [9.17, 15) is 13.2 Å². The van der Waals surface area contributed by atoms with E-state index >= 15 is 0 Å². The highest BCUT2D eigenvalue weighted by Crippen LogP contribution is 2.21. The van der Waals surface area contributed by atoms with Crippen LogP contribution in [0.4, 0.5) is 0 Å². The lowest BCUT2D eigenvalue weighted by atomic mass is 10.1. The molecule has 0 spiro atoms. The molecule has 1 aliphatic rings. The van der Waals surface area contributed by atoms with Gasteiger partial charge in [0.2, 0.25) is 0 Å². The second kappa shape index (κ2) is 6.60. The first kappa shape index (κ1) is 16.0. The zero-order valence-electron chi connectivity index (χ0n) is 12.7. The second-order valence-corrected chi connectivity index (χ2v) is 8.00. The molecule has 0 saturated carbocycles. The van der Waals surface area contributed by atoms with E-state index in [1.807, 2.05) is 31.2 Å². The van der Waals surface area contributed by atoms with Gasteiger partial charge in [-0.15, -0.1) is 0 Å². The molecule has 4 nitrogen and oxygen atoms in total. The Balaban J connectivity index is 2.19. The molecule has 0 N–H and O–H groups in total. The summed E-state index contributed by atoms with van der Waals surface area (Å²) in [6.07, 6.45) is 2.44. The molecule has 0 radical (unpaired) electrons. The van der Waals surface area contributed by atoms with Crippen LogP contribution in [0.5, 0.6) is 0 Å². The molecule has 1 aromatic carbocycles. The van der Waals surface area contributed by atoms with Crippen molar-refractivity contribution in [3.63, 3.8) is 0 Å². The van der Waals surface area contributed by atoms with Gasteiger partial charge in [0, 0.05) is 18.2 Å². The lowest BCUT2D eigenvalue weighted by Gasteiger charge is -2.28. The molecule has 2 rings (SSSR count). The summed E-state index contributed by atoms with van der Waals surface area (Å²) in [6, 6.07) is 7.29. The number of hydrogen-bond donors (Lipinski definition) is 0.